The molecular weight excluding hydrogens is 292 g/mol. The molecule has 2 aromatic rings. The summed E-state index contributed by atoms with van der Waals surface area (Å²) < 4.78 is 12.4. The molecular formula is C14H16N2O4S. The first kappa shape index (κ1) is 15.3. The van der Waals surface area contributed by atoms with Gasteiger partial charge in [0.05, 0.1) is 26.5 Å². The van der Waals surface area contributed by atoms with E-state index in [0.29, 0.717) is 17.2 Å². The topological polar surface area (TPSA) is 76.5 Å². The summed E-state index contributed by atoms with van der Waals surface area (Å²) in [5.41, 5.74) is 1.01. The van der Waals surface area contributed by atoms with Gasteiger partial charge in [0.1, 0.15) is 11.5 Å². The van der Waals surface area contributed by atoms with E-state index in [2.05, 4.69) is 4.98 Å². The maximum absolute atomic E-state index is 11.7. The number of nitrogens with zero attached hydrogens (tertiary/aromatic N) is 1. The number of aromatic nitrogens is 2. The van der Waals surface area contributed by atoms with Gasteiger partial charge in [-0.05, 0) is 24.4 Å². The molecule has 21 heavy (non-hydrogen) atoms. The number of aliphatic hydroxyl groups excluding tert-OH is 1. The summed E-state index contributed by atoms with van der Waals surface area (Å²) in [6.45, 7) is 0.193. The number of hydrogen-bond donors (Lipinski definition) is 2. The van der Waals surface area contributed by atoms with Gasteiger partial charge in [-0.3, -0.25) is 9.78 Å². The van der Waals surface area contributed by atoms with Crippen molar-refractivity contribution in [2.45, 2.75) is 6.54 Å². The molecule has 0 saturated carbocycles. The number of methoxy groups -OCH3 is 2. The molecule has 0 bridgehead atoms. The summed E-state index contributed by atoms with van der Waals surface area (Å²) >= 11 is 5.15. The molecule has 0 radical (unpaired) electrons. The van der Waals surface area contributed by atoms with E-state index in [1.807, 2.05) is 0 Å². The van der Waals surface area contributed by atoms with Crippen molar-refractivity contribution >= 4 is 12.2 Å². The first-order valence-electron chi connectivity index (χ1n) is 6.27. The molecule has 1 heterocycles. The van der Waals surface area contributed by atoms with Crippen LogP contribution in [0.15, 0.2) is 29.1 Å². The number of H-pyrrole nitrogens is 1. The van der Waals surface area contributed by atoms with Gasteiger partial charge in [0, 0.05) is 24.2 Å². The van der Waals surface area contributed by atoms with Crippen molar-refractivity contribution in [1.29, 1.82) is 0 Å². The van der Waals surface area contributed by atoms with Crippen LogP contribution < -0.4 is 15.0 Å². The number of hydrogen-bond acceptors (Lipinski definition) is 5. The number of nitrogens with one attached hydrogen (secondary N) is 1. The van der Waals surface area contributed by atoms with Gasteiger partial charge in [-0.1, -0.05) is 0 Å². The summed E-state index contributed by atoms with van der Waals surface area (Å²) in [4.78, 5) is 14.2. The normalized spacial score (nSPS) is 10.4. The minimum Gasteiger partial charge on any atom is -0.497 e. The Morgan fingerprint density at radius 2 is 1.81 bits per heavy atom. The second kappa shape index (κ2) is 6.55. The lowest BCUT2D eigenvalue weighted by molar-refractivity contribution is 0.275. The van der Waals surface area contributed by atoms with Gasteiger partial charge in [0.15, 0.2) is 4.77 Å². The van der Waals surface area contributed by atoms with Crippen LogP contribution in [0.2, 0.25) is 0 Å². The van der Waals surface area contributed by atoms with Gasteiger partial charge in [-0.15, -0.1) is 0 Å². The smallest absolute Gasteiger partial charge is 0.252 e. The van der Waals surface area contributed by atoms with Gasteiger partial charge < -0.3 is 19.1 Å². The third-order valence-corrected chi connectivity index (χ3v) is 3.33. The predicted molar refractivity (Wildman–Crippen MR) is 81.5 cm³/mol. The third kappa shape index (κ3) is 3.32. The van der Waals surface area contributed by atoms with Crippen LogP contribution in [0.25, 0.3) is 11.3 Å². The summed E-state index contributed by atoms with van der Waals surface area (Å²) in [6.07, 6.45) is 0. The molecule has 1 aromatic heterocycles. The highest BCUT2D eigenvalue weighted by Gasteiger charge is 2.10. The van der Waals surface area contributed by atoms with Crippen LogP contribution in [-0.2, 0) is 6.54 Å². The van der Waals surface area contributed by atoms with Gasteiger partial charge in [0.25, 0.3) is 5.56 Å². The molecule has 2 N–H and O–H groups in total. The second-order valence-corrected chi connectivity index (χ2v) is 4.69. The molecule has 0 fully saturated rings. The summed E-state index contributed by atoms with van der Waals surface area (Å²) in [7, 11) is 3.10. The van der Waals surface area contributed by atoms with Crippen LogP contribution in [0.5, 0.6) is 11.5 Å². The molecule has 6 nitrogen and oxygen atoms in total. The number of aliphatic hydroxyl groups is 1. The fraction of sp³-hybridized carbons (Fsp3) is 0.286. The lowest BCUT2D eigenvalue weighted by atomic mass is 10.1. The highest BCUT2D eigenvalue weighted by Crippen LogP contribution is 2.29. The summed E-state index contributed by atoms with van der Waals surface area (Å²) in [5, 5.41) is 9.18. The van der Waals surface area contributed by atoms with E-state index < -0.39 is 0 Å². The molecule has 0 unspecified atom stereocenters. The Morgan fingerprint density at radius 3 is 2.33 bits per heavy atom. The number of rotatable bonds is 5. The molecule has 7 heteroatoms. The monoisotopic (exact) mass is 308 g/mol. The average Bonchev–Trinajstić information content (AvgIpc) is 2.49. The molecule has 0 amide bonds. The van der Waals surface area contributed by atoms with Gasteiger partial charge >= 0.3 is 0 Å². The highest BCUT2D eigenvalue weighted by molar-refractivity contribution is 7.71. The molecule has 0 atom stereocenters. The molecule has 0 spiro atoms. The van der Waals surface area contributed by atoms with Crippen LogP contribution in [-0.4, -0.2) is 35.5 Å². The van der Waals surface area contributed by atoms with E-state index in [1.165, 1.54) is 6.07 Å². The van der Waals surface area contributed by atoms with Gasteiger partial charge in [-0.25, -0.2) is 0 Å². The standard InChI is InChI=1S/C14H16N2O4S/c1-19-10-5-9(6-11(7-10)20-2)12-8-13(18)15-14(21)16(12)3-4-17/h5-8,17H,3-4H2,1-2H3,(H,15,18,21). The Balaban J connectivity index is 2.70. The molecule has 2 rings (SSSR count). The lowest BCUT2D eigenvalue weighted by Gasteiger charge is -2.14. The number of aromatic amines is 1. The number of benzene rings is 1. The van der Waals surface area contributed by atoms with Crippen LogP contribution >= 0.6 is 12.2 Å². The van der Waals surface area contributed by atoms with Crippen molar-refractivity contribution in [2.75, 3.05) is 20.8 Å². The fourth-order valence-corrected chi connectivity index (χ4v) is 2.33. The number of ether oxygens (including phenoxy) is 2. The second-order valence-electron chi connectivity index (χ2n) is 4.30. The zero-order chi connectivity index (χ0) is 15.4. The van der Waals surface area contributed by atoms with E-state index in [1.54, 1.807) is 37.0 Å². The third-order valence-electron chi connectivity index (χ3n) is 3.00. The van der Waals surface area contributed by atoms with Crippen LogP contribution in [0, 0.1) is 4.77 Å². The van der Waals surface area contributed by atoms with Crippen molar-refractivity contribution in [3.8, 4) is 22.8 Å². The predicted octanol–water partition coefficient (Wildman–Crippen LogP) is 1.58. The van der Waals surface area contributed by atoms with Crippen molar-refractivity contribution in [2.24, 2.45) is 0 Å². The maximum Gasteiger partial charge on any atom is 0.252 e. The van der Waals surface area contributed by atoms with E-state index >= 15 is 0 Å². The first-order valence-corrected chi connectivity index (χ1v) is 6.68. The SMILES string of the molecule is COc1cc(OC)cc(-c2cc(=O)[nH]c(=S)n2CCO)c1. The molecule has 0 aliphatic heterocycles. The van der Waals surface area contributed by atoms with Crippen molar-refractivity contribution < 1.29 is 14.6 Å². The Bertz CT molecular complexity index is 729. The molecule has 0 aliphatic carbocycles. The molecule has 112 valence electrons. The Kier molecular flexibility index (Phi) is 4.77. The Morgan fingerprint density at radius 1 is 1.19 bits per heavy atom. The van der Waals surface area contributed by atoms with E-state index in [0.717, 1.165) is 5.56 Å². The fourth-order valence-electron chi connectivity index (χ4n) is 2.04. The summed E-state index contributed by atoms with van der Waals surface area (Å²) in [5.74, 6) is 1.21. The van der Waals surface area contributed by atoms with E-state index in [9.17, 15) is 9.90 Å². The first-order chi connectivity index (χ1) is 10.1. The van der Waals surface area contributed by atoms with Crippen LogP contribution in [0.4, 0.5) is 0 Å². The van der Waals surface area contributed by atoms with Crippen molar-refractivity contribution in [1.82, 2.24) is 9.55 Å². The minimum atomic E-state index is -0.300. The van der Waals surface area contributed by atoms with Crippen molar-refractivity contribution in [3.05, 3.63) is 39.4 Å². The highest BCUT2D eigenvalue weighted by atomic mass is 32.1. The lowest BCUT2D eigenvalue weighted by Crippen LogP contribution is -2.16. The Labute approximate surface area is 126 Å². The van der Waals surface area contributed by atoms with Gasteiger partial charge in [-0.2, -0.15) is 0 Å². The molecule has 0 aliphatic rings. The Hall–Kier alpha value is -2.12. The van der Waals surface area contributed by atoms with Crippen LogP contribution in [0.3, 0.4) is 0 Å². The molecule has 1 aromatic carbocycles. The average molecular weight is 308 g/mol. The van der Waals surface area contributed by atoms with E-state index in [-0.39, 0.29) is 23.5 Å². The van der Waals surface area contributed by atoms with Crippen molar-refractivity contribution in [3.63, 3.8) is 0 Å². The quantitative estimate of drug-likeness (QED) is 0.820. The van der Waals surface area contributed by atoms with Gasteiger partial charge in [0.2, 0.25) is 0 Å². The zero-order valence-electron chi connectivity index (χ0n) is 11.8. The zero-order valence-corrected chi connectivity index (χ0v) is 12.6. The van der Waals surface area contributed by atoms with Crippen LogP contribution in [0.1, 0.15) is 0 Å². The maximum atomic E-state index is 11.7. The molecule has 0 saturated heterocycles. The summed E-state index contributed by atoms with van der Waals surface area (Å²) in [6, 6.07) is 6.72. The minimum absolute atomic E-state index is 0.0888. The van der Waals surface area contributed by atoms with E-state index in [4.69, 9.17) is 21.7 Å². The largest absolute Gasteiger partial charge is 0.497 e.